The molecule has 0 bridgehead atoms. The molecule has 0 atom stereocenters. The van der Waals surface area contributed by atoms with Gasteiger partial charge in [-0.2, -0.15) is 0 Å². The molecule has 8 heteroatoms. The van der Waals surface area contributed by atoms with Crippen molar-refractivity contribution in [3.8, 4) is 11.5 Å². The number of pyridine rings is 1. The van der Waals surface area contributed by atoms with Gasteiger partial charge in [0.05, 0.1) is 19.9 Å². The third-order valence-corrected chi connectivity index (χ3v) is 4.53. The zero-order valence-electron chi connectivity index (χ0n) is 17.2. The Labute approximate surface area is 188 Å². The smallest absolute Gasteiger partial charge is 0.191 e. The Balaban J connectivity index is 0.00000300. The number of aromatic nitrogens is 2. The Morgan fingerprint density at radius 2 is 1.93 bits per heavy atom. The number of nitrogens with zero attached hydrogens (tertiary/aromatic N) is 3. The number of benzene rings is 1. The average Bonchev–Trinajstić information content (AvgIpc) is 3.14. The van der Waals surface area contributed by atoms with Gasteiger partial charge in [-0.1, -0.05) is 12.1 Å². The zero-order chi connectivity index (χ0) is 19.9. The number of aryl methyl sites for hydroxylation is 1. The maximum atomic E-state index is 5.35. The van der Waals surface area contributed by atoms with Crippen LogP contribution in [0.1, 0.15) is 16.8 Å². The van der Waals surface area contributed by atoms with Crippen LogP contribution in [0.5, 0.6) is 11.5 Å². The standard InChI is InChI=1S/C21H27N5O2.HI/c1-15-6-5-11-26-14-17(25-20(15)26)9-10-23-21(22-2)24-13-16-7-8-18(27-3)19(12-16)28-4;/h5-8,11-12,14H,9-10,13H2,1-4H3,(H2,22,23,24);1H. The van der Waals surface area contributed by atoms with E-state index in [1.165, 1.54) is 5.56 Å². The zero-order valence-corrected chi connectivity index (χ0v) is 19.6. The lowest BCUT2D eigenvalue weighted by molar-refractivity contribution is 0.354. The van der Waals surface area contributed by atoms with E-state index in [0.717, 1.165) is 41.6 Å². The molecule has 0 fully saturated rings. The molecule has 0 amide bonds. The van der Waals surface area contributed by atoms with E-state index < -0.39 is 0 Å². The number of methoxy groups -OCH3 is 2. The maximum absolute atomic E-state index is 5.35. The molecule has 0 saturated heterocycles. The number of rotatable bonds is 7. The number of guanidine groups is 1. The molecule has 0 unspecified atom stereocenters. The number of nitrogens with one attached hydrogen (secondary N) is 2. The number of hydrogen-bond donors (Lipinski definition) is 2. The van der Waals surface area contributed by atoms with E-state index in [1.54, 1.807) is 21.3 Å². The molecule has 0 aliphatic carbocycles. The summed E-state index contributed by atoms with van der Waals surface area (Å²) in [5, 5.41) is 6.65. The second-order valence-corrected chi connectivity index (χ2v) is 6.45. The predicted molar refractivity (Wildman–Crippen MR) is 127 cm³/mol. The number of hydrogen-bond acceptors (Lipinski definition) is 4. The van der Waals surface area contributed by atoms with Crippen molar-refractivity contribution in [2.24, 2.45) is 4.99 Å². The van der Waals surface area contributed by atoms with E-state index in [-0.39, 0.29) is 24.0 Å². The van der Waals surface area contributed by atoms with Gasteiger partial charge in [-0.25, -0.2) is 4.98 Å². The summed E-state index contributed by atoms with van der Waals surface area (Å²) >= 11 is 0. The average molecular weight is 509 g/mol. The molecule has 2 N–H and O–H groups in total. The molecule has 1 aromatic carbocycles. The van der Waals surface area contributed by atoms with Crippen molar-refractivity contribution in [2.75, 3.05) is 27.8 Å². The Hall–Kier alpha value is -2.49. The van der Waals surface area contributed by atoms with Crippen molar-refractivity contribution in [1.29, 1.82) is 0 Å². The van der Waals surface area contributed by atoms with Gasteiger partial charge in [0.1, 0.15) is 5.65 Å². The molecule has 3 aromatic rings. The first-order valence-electron chi connectivity index (χ1n) is 9.23. The molecule has 2 aromatic heterocycles. The Kier molecular flexibility index (Phi) is 8.56. The topological polar surface area (TPSA) is 72.2 Å². The predicted octanol–water partition coefficient (Wildman–Crippen LogP) is 3.19. The summed E-state index contributed by atoms with van der Waals surface area (Å²) < 4.78 is 12.7. The number of halogens is 1. The molecule has 0 saturated carbocycles. The summed E-state index contributed by atoms with van der Waals surface area (Å²) in [5.41, 5.74) is 4.32. The van der Waals surface area contributed by atoms with Crippen molar-refractivity contribution in [3.05, 3.63) is 59.5 Å². The van der Waals surface area contributed by atoms with E-state index in [4.69, 9.17) is 14.5 Å². The highest BCUT2D eigenvalue weighted by molar-refractivity contribution is 14.0. The highest BCUT2D eigenvalue weighted by Crippen LogP contribution is 2.27. The lowest BCUT2D eigenvalue weighted by Crippen LogP contribution is -2.37. The monoisotopic (exact) mass is 509 g/mol. The summed E-state index contributed by atoms with van der Waals surface area (Å²) in [6.07, 6.45) is 4.91. The lowest BCUT2D eigenvalue weighted by Gasteiger charge is -2.13. The molecule has 0 spiro atoms. The van der Waals surface area contributed by atoms with E-state index in [1.807, 2.05) is 30.5 Å². The van der Waals surface area contributed by atoms with Gasteiger partial charge in [-0.05, 0) is 36.2 Å². The van der Waals surface area contributed by atoms with Crippen LogP contribution in [0.3, 0.4) is 0 Å². The Bertz CT molecular complexity index is 971. The first kappa shape index (κ1) is 22.8. The summed E-state index contributed by atoms with van der Waals surface area (Å²) in [7, 11) is 5.03. The van der Waals surface area contributed by atoms with Gasteiger partial charge in [0.25, 0.3) is 0 Å². The molecule has 3 rings (SSSR count). The van der Waals surface area contributed by atoms with Gasteiger partial charge in [0.2, 0.25) is 0 Å². The molecule has 0 radical (unpaired) electrons. The van der Waals surface area contributed by atoms with Crippen molar-refractivity contribution in [1.82, 2.24) is 20.0 Å². The molecular weight excluding hydrogens is 481 g/mol. The van der Waals surface area contributed by atoms with Gasteiger partial charge >= 0.3 is 0 Å². The molecule has 29 heavy (non-hydrogen) atoms. The molecular formula is C21H28IN5O2. The van der Waals surface area contributed by atoms with Crippen LogP contribution in [0.25, 0.3) is 5.65 Å². The highest BCUT2D eigenvalue weighted by atomic mass is 127. The van der Waals surface area contributed by atoms with Crippen LogP contribution >= 0.6 is 24.0 Å². The van der Waals surface area contributed by atoms with E-state index in [0.29, 0.717) is 12.3 Å². The maximum Gasteiger partial charge on any atom is 0.191 e. The van der Waals surface area contributed by atoms with Gasteiger partial charge in [-0.15, -0.1) is 24.0 Å². The van der Waals surface area contributed by atoms with Crippen LogP contribution in [0.2, 0.25) is 0 Å². The molecule has 2 heterocycles. The quantitative estimate of drug-likeness (QED) is 0.291. The van der Waals surface area contributed by atoms with Gasteiger partial charge in [0.15, 0.2) is 17.5 Å². The first-order valence-corrected chi connectivity index (χ1v) is 9.23. The molecule has 156 valence electrons. The van der Waals surface area contributed by atoms with E-state index in [2.05, 4.69) is 39.2 Å². The van der Waals surface area contributed by atoms with Gasteiger partial charge in [0, 0.05) is 39.0 Å². The van der Waals surface area contributed by atoms with Gasteiger partial charge < -0.3 is 24.5 Å². The summed E-state index contributed by atoms with van der Waals surface area (Å²) in [6.45, 7) is 3.45. The van der Waals surface area contributed by atoms with E-state index in [9.17, 15) is 0 Å². The number of aliphatic imine (C=N–C) groups is 1. The van der Waals surface area contributed by atoms with Crippen molar-refractivity contribution in [3.63, 3.8) is 0 Å². The highest BCUT2D eigenvalue weighted by Gasteiger charge is 2.06. The van der Waals surface area contributed by atoms with Crippen LogP contribution in [0, 0.1) is 6.92 Å². The van der Waals surface area contributed by atoms with Crippen molar-refractivity contribution in [2.45, 2.75) is 19.9 Å². The fraction of sp³-hybridized carbons (Fsp3) is 0.333. The fourth-order valence-corrected chi connectivity index (χ4v) is 3.03. The van der Waals surface area contributed by atoms with Crippen molar-refractivity contribution >= 4 is 35.6 Å². The second kappa shape index (κ2) is 10.9. The third-order valence-electron chi connectivity index (χ3n) is 4.53. The third kappa shape index (κ3) is 5.75. The SMILES string of the molecule is CN=C(NCCc1cn2cccc(C)c2n1)NCc1ccc(OC)c(OC)c1.I. The van der Waals surface area contributed by atoms with E-state index >= 15 is 0 Å². The minimum Gasteiger partial charge on any atom is -0.493 e. The first-order chi connectivity index (χ1) is 13.6. The van der Waals surface area contributed by atoms with Crippen LogP contribution in [-0.2, 0) is 13.0 Å². The summed E-state index contributed by atoms with van der Waals surface area (Å²) in [5.74, 6) is 2.18. The van der Waals surface area contributed by atoms with Gasteiger partial charge in [-0.3, -0.25) is 4.99 Å². The molecule has 7 nitrogen and oxygen atoms in total. The molecule has 0 aliphatic rings. The minimum absolute atomic E-state index is 0. The number of ether oxygens (including phenoxy) is 2. The summed E-state index contributed by atoms with van der Waals surface area (Å²) in [4.78, 5) is 8.98. The number of fused-ring (bicyclic) bond motifs is 1. The number of imidazole rings is 1. The molecule has 0 aliphatic heterocycles. The largest absolute Gasteiger partial charge is 0.493 e. The van der Waals surface area contributed by atoms with Crippen molar-refractivity contribution < 1.29 is 9.47 Å². The second-order valence-electron chi connectivity index (χ2n) is 6.45. The van der Waals surface area contributed by atoms with Crippen LogP contribution in [0.4, 0.5) is 0 Å². The van der Waals surface area contributed by atoms with Crippen LogP contribution < -0.4 is 20.1 Å². The van der Waals surface area contributed by atoms with Crippen LogP contribution in [-0.4, -0.2) is 43.2 Å². The van der Waals surface area contributed by atoms with Crippen LogP contribution in [0.15, 0.2) is 47.7 Å². The Morgan fingerprint density at radius 3 is 2.62 bits per heavy atom. The fourth-order valence-electron chi connectivity index (χ4n) is 3.03. The lowest BCUT2D eigenvalue weighted by atomic mass is 10.2. The Morgan fingerprint density at radius 1 is 1.14 bits per heavy atom. The summed E-state index contributed by atoms with van der Waals surface area (Å²) in [6, 6.07) is 9.96. The minimum atomic E-state index is 0. The normalized spacial score (nSPS) is 11.1.